The molecule has 1 atom stereocenters. The van der Waals surface area contributed by atoms with Crippen LogP contribution in [0, 0.1) is 11.8 Å². The molecule has 1 N–H and O–H groups in total. The SMILES string of the molecule is CCc1ccccc1-c1ccc(C#CC2=CSC(C)N2)cn1. The summed E-state index contributed by atoms with van der Waals surface area (Å²) < 4.78 is 0. The van der Waals surface area contributed by atoms with E-state index in [-0.39, 0.29) is 0 Å². The Morgan fingerprint density at radius 1 is 1.18 bits per heavy atom. The molecule has 2 heterocycles. The van der Waals surface area contributed by atoms with Crippen molar-refractivity contribution in [3.8, 4) is 23.1 Å². The Labute approximate surface area is 136 Å². The van der Waals surface area contributed by atoms with Gasteiger partial charge in [0.05, 0.1) is 16.8 Å². The number of pyridine rings is 1. The molecule has 3 rings (SSSR count). The predicted molar refractivity (Wildman–Crippen MR) is 94.2 cm³/mol. The van der Waals surface area contributed by atoms with Gasteiger partial charge in [-0.3, -0.25) is 4.98 Å². The Balaban J connectivity index is 1.80. The number of aryl methyl sites for hydroxylation is 1. The van der Waals surface area contributed by atoms with Gasteiger partial charge in [0, 0.05) is 22.7 Å². The van der Waals surface area contributed by atoms with Crippen molar-refractivity contribution in [2.24, 2.45) is 0 Å². The molecule has 0 spiro atoms. The van der Waals surface area contributed by atoms with E-state index >= 15 is 0 Å². The lowest BCUT2D eigenvalue weighted by Crippen LogP contribution is -2.15. The van der Waals surface area contributed by atoms with Gasteiger partial charge >= 0.3 is 0 Å². The Kier molecular flexibility index (Phi) is 4.50. The van der Waals surface area contributed by atoms with Gasteiger partial charge < -0.3 is 5.32 Å². The summed E-state index contributed by atoms with van der Waals surface area (Å²) in [5.41, 5.74) is 5.45. The highest BCUT2D eigenvalue weighted by atomic mass is 32.2. The number of hydrogen-bond donors (Lipinski definition) is 1. The molecule has 0 radical (unpaired) electrons. The second-order valence-corrected chi connectivity index (χ2v) is 6.36. The molecule has 0 saturated heterocycles. The maximum atomic E-state index is 4.57. The van der Waals surface area contributed by atoms with Crippen LogP contribution in [0.15, 0.2) is 53.7 Å². The van der Waals surface area contributed by atoms with E-state index in [2.05, 4.69) is 65.7 Å². The zero-order valence-corrected chi connectivity index (χ0v) is 13.6. The first kappa shape index (κ1) is 14.7. The minimum atomic E-state index is 0.412. The van der Waals surface area contributed by atoms with Gasteiger partial charge in [0.15, 0.2) is 0 Å². The third-order valence-corrected chi connectivity index (χ3v) is 4.43. The van der Waals surface area contributed by atoms with Crippen molar-refractivity contribution >= 4 is 11.8 Å². The van der Waals surface area contributed by atoms with Crippen LogP contribution in [0.1, 0.15) is 25.0 Å². The molecule has 0 aliphatic carbocycles. The molecular formula is C19H18N2S. The van der Waals surface area contributed by atoms with Crippen molar-refractivity contribution in [2.75, 3.05) is 0 Å². The summed E-state index contributed by atoms with van der Waals surface area (Å²) in [5.74, 6) is 6.31. The first-order valence-corrected chi connectivity index (χ1v) is 8.39. The van der Waals surface area contributed by atoms with Crippen molar-refractivity contribution in [1.29, 1.82) is 0 Å². The normalized spacial score (nSPS) is 16.5. The lowest BCUT2D eigenvalue weighted by molar-refractivity contribution is 0.847. The van der Waals surface area contributed by atoms with Crippen LogP contribution in [0.2, 0.25) is 0 Å². The molecule has 0 amide bonds. The van der Waals surface area contributed by atoms with E-state index in [1.54, 1.807) is 11.8 Å². The average Bonchev–Trinajstić information content (AvgIpc) is 2.99. The second kappa shape index (κ2) is 6.72. The van der Waals surface area contributed by atoms with Gasteiger partial charge in [0.1, 0.15) is 0 Å². The molecule has 22 heavy (non-hydrogen) atoms. The highest BCUT2D eigenvalue weighted by Crippen LogP contribution is 2.22. The Bertz CT molecular complexity index is 751. The highest BCUT2D eigenvalue weighted by molar-refractivity contribution is 8.02. The summed E-state index contributed by atoms with van der Waals surface area (Å²) in [6.45, 7) is 4.29. The van der Waals surface area contributed by atoms with Gasteiger partial charge in [-0.15, -0.1) is 11.8 Å². The first-order chi connectivity index (χ1) is 10.8. The van der Waals surface area contributed by atoms with Crippen LogP contribution in [-0.4, -0.2) is 10.4 Å². The van der Waals surface area contributed by atoms with Crippen LogP contribution in [0.3, 0.4) is 0 Å². The van der Waals surface area contributed by atoms with Gasteiger partial charge in [0.25, 0.3) is 0 Å². The molecule has 1 aliphatic rings. The molecule has 3 heteroatoms. The fourth-order valence-electron chi connectivity index (χ4n) is 2.37. The predicted octanol–water partition coefficient (Wildman–Crippen LogP) is 4.19. The third kappa shape index (κ3) is 3.35. The summed E-state index contributed by atoms with van der Waals surface area (Å²) in [5, 5.41) is 5.79. The molecular weight excluding hydrogens is 288 g/mol. The monoisotopic (exact) mass is 306 g/mol. The molecule has 1 aromatic carbocycles. The van der Waals surface area contributed by atoms with Gasteiger partial charge in [-0.2, -0.15) is 0 Å². The summed E-state index contributed by atoms with van der Waals surface area (Å²) in [4.78, 5) is 4.57. The standard InChI is InChI=1S/C19H18N2S/c1-3-16-6-4-5-7-18(16)19-11-9-15(12-20-19)8-10-17-13-22-14(2)21-17/h4-7,9,11-14,21H,3H2,1-2H3. The molecule has 2 nitrogen and oxygen atoms in total. The molecule has 110 valence electrons. The molecule has 2 aromatic rings. The van der Waals surface area contributed by atoms with E-state index in [0.29, 0.717) is 5.37 Å². The van der Waals surface area contributed by atoms with Crippen LogP contribution in [0.25, 0.3) is 11.3 Å². The summed E-state index contributed by atoms with van der Waals surface area (Å²) in [6, 6.07) is 12.5. The third-order valence-electron chi connectivity index (χ3n) is 3.53. The van der Waals surface area contributed by atoms with E-state index in [4.69, 9.17) is 0 Å². The van der Waals surface area contributed by atoms with E-state index in [9.17, 15) is 0 Å². The van der Waals surface area contributed by atoms with Crippen LogP contribution in [-0.2, 0) is 6.42 Å². The number of benzene rings is 1. The molecule has 0 bridgehead atoms. The fraction of sp³-hybridized carbons (Fsp3) is 0.211. The Hall–Kier alpha value is -2.18. The molecule has 1 aliphatic heterocycles. The summed E-state index contributed by atoms with van der Waals surface area (Å²) >= 11 is 1.75. The number of nitrogens with zero attached hydrogens (tertiary/aromatic N) is 1. The quantitative estimate of drug-likeness (QED) is 0.842. The van der Waals surface area contributed by atoms with Gasteiger partial charge in [-0.25, -0.2) is 0 Å². The largest absolute Gasteiger partial charge is 0.366 e. The fourth-order valence-corrected chi connectivity index (χ4v) is 3.03. The topological polar surface area (TPSA) is 24.9 Å². The highest BCUT2D eigenvalue weighted by Gasteiger charge is 2.08. The number of rotatable bonds is 2. The number of nitrogens with one attached hydrogen (secondary N) is 1. The molecule has 0 fully saturated rings. The van der Waals surface area contributed by atoms with Crippen LogP contribution < -0.4 is 5.32 Å². The van der Waals surface area contributed by atoms with Crippen molar-refractivity contribution < 1.29 is 0 Å². The van der Waals surface area contributed by atoms with Crippen LogP contribution in [0.4, 0.5) is 0 Å². The Morgan fingerprint density at radius 3 is 2.73 bits per heavy atom. The van der Waals surface area contributed by atoms with Gasteiger partial charge in [0.2, 0.25) is 0 Å². The maximum Gasteiger partial charge on any atom is 0.0930 e. The number of aromatic nitrogens is 1. The van der Waals surface area contributed by atoms with Gasteiger partial charge in [-0.1, -0.05) is 37.1 Å². The second-order valence-electron chi connectivity index (χ2n) is 5.15. The number of thioether (sulfide) groups is 1. The number of allylic oxidation sites excluding steroid dienone is 1. The minimum Gasteiger partial charge on any atom is -0.366 e. The number of hydrogen-bond acceptors (Lipinski definition) is 3. The van der Waals surface area contributed by atoms with Crippen molar-refractivity contribution in [1.82, 2.24) is 10.3 Å². The van der Waals surface area contributed by atoms with Crippen molar-refractivity contribution in [2.45, 2.75) is 25.6 Å². The van der Waals surface area contributed by atoms with E-state index in [0.717, 1.165) is 23.4 Å². The first-order valence-electron chi connectivity index (χ1n) is 7.45. The van der Waals surface area contributed by atoms with Gasteiger partial charge in [-0.05, 0) is 37.0 Å². The zero-order valence-electron chi connectivity index (χ0n) is 12.8. The van der Waals surface area contributed by atoms with Crippen molar-refractivity contribution in [3.05, 3.63) is 64.8 Å². The molecule has 1 unspecified atom stereocenters. The lowest BCUT2D eigenvalue weighted by atomic mass is 10.0. The summed E-state index contributed by atoms with van der Waals surface area (Å²) in [7, 11) is 0. The average molecular weight is 306 g/mol. The zero-order chi connectivity index (χ0) is 15.4. The lowest BCUT2D eigenvalue weighted by Gasteiger charge is -2.06. The Morgan fingerprint density at radius 2 is 2.05 bits per heavy atom. The van der Waals surface area contributed by atoms with Crippen LogP contribution >= 0.6 is 11.8 Å². The van der Waals surface area contributed by atoms with E-state index in [1.165, 1.54) is 11.1 Å². The maximum absolute atomic E-state index is 4.57. The van der Waals surface area contributed by atoms with Crippen molar-refractivity contribution in [3.63, 3.8) is 0 Å². The summed E-state index contributed by atoms with van der Waals surface area (Å²) in [6.07, 6.45) is 2.86. The smallest absolute Gasteiger partial charge is 0.0930 e. The molecule has 1 aromatic heterocycles. The van der Waals surface area contributed by atoms with E-state index in [1.807, 2.05) is 18.3 Å². The molecule has 0 saturated carbocycles. The minimum absolute atomic E-state index is 0.412. The van der Waals surface area contributed by atoms with Crippen LogP contribution in [0.5, 0.6) is 0 Å². The van der Waals surface area contributed by atoms with E-state index < -0.39 is 0 Å².